The third kappa shape index (κ3) is 2.41. The molecule has 1 aliphatic heterocycles. The van der Waals surface area contributed by atoms with Crippen LogP contribution in [0.3, 0.4) is 0 Å². The zero-order chi connectivity index (χ0) is 11.5. The van der Waals surface area contributed by atoms with Gasteiger partial charge in [-0.2, -0.15) is 4.98 Å². The maximum absolute atomic E-state index is 5.71. The second-order valence-electron chi connectivity index (χ2n) is 4.52. The highest BCUT2D eigenvalue weighted by Gasteiger charge is 2.29. The zero-order valence-electron chi connectivity index (χ0n) is 10.0. The Morgan fingerprint density at radius 1 is 1.62 bits per heavy atom. The average Bonchev–Trinajstić information content (AvgIpc) is 2.83. The molecule has 2 unspecified atom stereocenters. The van der Waals surface area contributed by atoms with Crippen molar-refractivity contribution < 1.29 is 4.52 Å². The van der Waals surface area contributed by atoms with Crippen LogP contribution in [0.2, 0.25) is 0 Å². The SMILES string of the molecule is CCN1CCCC1c1nc(CC(C)N)no1. The highest BCUT2D eigenvalue weighted by atomic mass is 16.5. The summed E-state index contributed by atoms with van der Waals surface area (Å²) >= 11 is 0. The van der Waals surface area contributed by atoms with Crippen LogP contribution >= 0.6 is 0 Å². The van der Waals surface area contributed by atoms with Crippen LogP contribution in [-0.4, -0.2) is 34.2 Å². The molecule has 1 aliphatic rings. The topological polar surface area (TPSA) is 68.2 Å². The number of likely N-dealkylation sites (tertiary alicyclic amines) is 1. The lowest BCUT2D eigenvalue weighted by Gasteiger charge is -2.18. The number of aromatic nitrogens is 2. The summed E-state index contributed by atoms with van der Waals surface area (Å²) in [6, 6.07) is 0.399. The predicted octanol–water partition coefficient (Wildman–Crippen LogP) is 1.12. The van der Waals surface area contributed by atoms with Gasteiger partial charge in [-0.05, 0) is 32.9 Å². The molecule has 1 aromatic rings. The second-order valence-corrected chi connectivity index (χ2v) is 4.52. The number of hydrogen-bond donors (Lipinski definition) is 1. The number of nitrogens with two attached hydrogens (primary N) is 1. The Bertz CT molecular complexity index is 336. The zero-order valence-corrected chi connectivity index (χ0v) is 10.0. The monoisotopic (exact) mass is 224 g/mol. The van der Waals surface area contributed by atoms with Gasteiger partial charge in [0.25, 0.3) is 0 Å². The van der Waals surface area contributed by atoms with Crippen LogP contribution < -0.4 is 5.73 Å². The molecule has 1 fully saturated rings. The van der Waals surface area contributed by atoms with Gasteiger partial charge in [-0.1, -0.05) is 12.1 Å². The maximum atomic E-state index is 5.71. The third-order valence-corrected chi connectivity index (χ3v) is 3.04. The Labute approximate surface area is 96.0 Å². The summed E-state index contributed by atoms with van der Waals surface area (Å²) in [6.45, 7) is 6.28. The minimum absolute atomic E-state index is 0.0799. The van der Waals surface area contributed by atoms with Crippen molar-refractivity contribution in [3.63, 3.8) is 0 Å². The van der Waals surface area contributed by atoms with Crippen molar-refractivity contribution in [1.82, 2.24) is 15.0 Å². The lowest BCUT2D eigenvalue weighted by Crippen LogP contribution is -2.23. The quantitative estimate of drug-likeness (QED) is 0.830. The minimum atomic E-state index is 0.0799. The van der Waals surface area contributed by atoms with Gasteiger partial charge < -0.3 is 10.3 Å². The molecular weight excluding hydrogens is 204 g/mol. The van der Waals surface area contributed by atoms with Crippen LogP contribution in [0.5, 0.6) is 0 Å². The molecule has 0 amide bonds. The van der Waals surface area contributed by atoms with Crippen LogP contribution in [0.1, 0.15) is 44.4 Å². The highest BCUT2D eigenvalue weighted by Crippen LogP contribution is 2.30. The smallest absolute Gasteiger partial charge is 0.243 e. The van der Waals surface area contributed by atoms with Crippen molar-refractivity contribution in [3.05, 3.63) is 11.7 Å². The molecule has 0 bridgehead atoms. The largest absolute Gasteiger partial charge is 0.338 e. The van der Waals surface area contributed by atoms with E-state index in [4.69, 9.17) is 10.3 Å². The highest BCUT2D eigenvalue weighted by molar-refractivity contribution is 4.97. The van der Waals surface area contributed by atoms with Gasteiger partial charge in [0.05, 0.1) is 6.04 Å². The number of rotatable bonds is 4. The Kier molecular flexibility index (Phi) is 3.56. The molecule has 0 radical (unpaired) electrons. The Hall–Kier alpha value is -0.940. The van der Waals surface area contributed by atoms with Crippen molar-refractivity contribution in [2.24, 2.45) is 5.73 Å². The van der Waals surface area contributed by atoms with Crippen LogP contribution in [-0.2, 0) is 6.42 Å². The van der Waals surface area contributed by atoms with E-state index >= 15 is 0 Å². The van der Waals surface area contributed by atoms with Gasteiger partial charge in [-0.3, -0.25) is 4.90 Å². The van der Waals surface area contributed by atoms with E-state index in [9.17, 15) is 0 Å². The van der Waals surface area contributed by atoms with Crippen molar-refractivity contribution >= 4 is 0 Å². The summed E-state index contributed by atoms with van der Waals surface area (Å²) in [5, 5.41) is 3.98. The first-order chi connectivity index (χ1) is 7.70. The molecular formula is C11H20N4O. The lowest BCUT2D eigenvalue weighted by atomic mass is 10.2. The van der Waals surface area contributed by atoms with E-state index in [1.54, 1.807) is 0 Å². The Morgan fingerprint density at radius 2 is 2.44 bits per heavy atom. The predicted molar refractivity (Wildman–Crippen MR) is 60.9 cm³/mol. The van der Waals surface area contributed by atoms with E-state index in [1.165, 1.54) is 6.42 Å². The summed E-state index contributed by atoms with van der Waals surface area (Å²) in [5.74, 6) is 1.49. The first-order valence-corrected chi connectivity index (χ1v) is 6.02. The molecule has 1 aromatic heterocycles. The van der Waals surface area contributed by atoms with E-state index in [0.717, 1.165) is 31.2 Å². The first kappa shape index (κ1) is 11.5. The fraction of sp³-hybridized carbons (Fsp3) is 0.818. The third-order valence-electron chi connectivity index (χ3n) is 3.04. The standard InChI is InChI=1S/C11H20N4O/c1-3-15-6-4-5-9(15)11-13-10(14-16-11)7-8(2)12/h8-9H,3-7,12H2,1-2H3. The molecule has 0 saturated carbocycles. The molecule has 16 heavy (non-hydrogen) atoms. The number of hydrogen-bond acceptors (Lipinski definition) is 5. The molecule has 5 heteroatoms. The van der Waals surface area contributed by atoms with E-state index < -0.39 is 0 Å². The molecule has 5 nitrogen and oxygen atoms in total. The fourth-order valence-corrected chi connectivity index (χ4v) is 2.26. The summed E-state index contributed by atoms with van der Waals surface area (Å²) in [4.78, 5) is 6.81. The molecule has 2 N–H and O–H groups in total. The average molecular weight is 224 g/mol. The molecule has 90 valence electrons. The molecule has 0 aromatic carbocycles. The van der Waals surface area contributed by atoms with E-state index in [1.807, 2.05) is 6.92 Å². The Balaban J connectivity index is 2.06. The Morgan fingerprint density at radius 3 is 3.12 bits per heavy atom. The minimum Gasteiger partial charge on any atom is -0.338 e. The summed E-state index contributed by atoms with van der Waals surface area (Å²) in [5.41, 5.74) is 5.71. The number of nitrogens with zero attached hydrogens (tertiary/aromatic N) is 3. The van der Waals surface area contributed by atoms with Crippen molar-refractivity contribution in [3.8, 4) is 0 Å². The molecule has 0 spiro atoms. The molecule has 1 saturated heterocycles. The maximum Gasteiger partial charge on any atom is 0.243 e. The second kappa shape index (κ2) is 4.93. The fourth-order valence-electron chi connectivity index (χ4n) is 2.26. The van der Waals surface area contributed by atoms with Gasteiger partial charge in [0.15, 0.2) is 5.82 Å². The van der Waals surface area contributed by atoms with Crippen molar-refractivity contribution in [1.29, 1.82) is 0 Å². The normalized spacial score (nSPS) is 23.8. The van der Waals surface area contributed by atoms with Crippen LogP contribution in [0.25, 0.3) is 0 Å². The van der Waals surface area contributed by atoms with E-state index in [2.05, 4.69) is 22.0 Å². The van der Waals surface area contributed by atoms with Gasteiger partial charge in [0.1, 0.15) is 0 Å². The van der Waals surface area contributed by atoms with Crippen LogP contribution in [0.4, 0.5) is 0 Å². The lowest BCUT2D eigenvalue weighted by molar-refractivity contribution is 0.217. The van der Waals surface area contributed by atoms with Gasteiger partial charge in [0, 0.05) is 12.5 Å². The van der Waals surface area contributed by atoms with Crippen molar-refractivity contribution in [2.75, 3.05) is 13.1 Å². The molecule has 0 aliphatic carbocycles. The molecule has 2 atom stereocenters. The first-order valence-electron chi connectivity index (χ1n) is 6.02. The summed E-state index contributed by atoms with van der Waals surface area (Å²) in [7, 11) is 0. The van der Waals surface area contributed by atoms with Crippen LogP contribution in [0.15, 0.2) is 4.52 Å². The van der Waals surface area contributed by atoms with Gasteiger partial charge in [0.2, 0.25) is 5.89 Å². The molecule has 2 rings (SSSR count). The molecule has 2 heterocycles. The van der Waals surface area contributed by atoms with Gasteiger partial charge in [-0.25, -0.2) is 0 Å². The van der Waals surface area contributed by atoms with Gasteiger partial charge in [-0.15, -0.1) is 0 Å². The van der Waals surface area contributed by atoms with Crippen LogP contribution in [0, 0.1) is 0 Å². The summed E-state index contributed by atoms with van der Waals surface area (Å²) in [6.07, 6.45) is 3.01. The van der Waals surface area contributed by atoms with Crippen molar-refractivity contribution in [2.45, 2.75) is 45.2 Å². The summed E-state index contributed by atoms with van der Waals surface area (Å²) < 4.78 is 5.32. The van der Waals surface area contributed by atoms with Gasteiger partial charge >= 0.3 is 0 Å². The van der Waals surface area contributed by atoms with E-state index in [-0.39, 0.29) is 6.04 Å². The van der Waals surface area contributed by atoms with E-state index in [0.29, 0.717) is 12.5 Å².